The van der Waals surface area contributed by atoms with Crippen molar-refractivity contribution in [3.05, 3.63) is 65.5 Å². The molecule has 1 aliphatic rings. The van der Waals surface area contributed by atoms with Crippen LogP contribution in [-0.4, -0.2) is 64.0 Å². The number of ketones is 1. The molecule has 0 bridgehead atoms. The predicted octanol–water partition coefficient (Wildman–Crippen LogP) is 4.34. The van der Waals surface area contributed by atoms with Crippen LogP contribution in [0.3, 0.4) is 0 Å². The summed E-state index contributed by atoms with van der Waals surface area (Å²) in [5.74, 6) is 0.742. The van der Waals surface area contributed by atoms with Gasteiger partial charge in [0.1, 0.15) is 5.82 Å². The van der Waals surface area contributed by atoms with Crippen LogP contribution in [0.15, 0.2) is 53.7 Å². The smallest absolute Gasteiger partial charge is 0.191 e. The van der Waals surface area contributed by atoms with Crippen LogP contribution in [0.2, 0.25) is 0 Å². The fourth-order valence-electron chi connectivity index (χ4n) is 3.84. The van der Waals surface area contributed by atoms with Gasteiger partial charge in [-0.1, -0.05) is 49.4 Å². The minimum Gasteiger partial charge on any atom is -0.379 e. The van der Waals surface area contributed by atoms with Crippen molar-refractivity contribution in [3.8, 4) is 11.4 Å². The Morgan fingerprint density at radius 1 is 1.03 bits per heavy atom. The first-order chi connectivity index (χ1) is 16.1. The lowest BCUT2D eigenvalue weighted by atomic mass is 10.1. The largest absolute Gasteiger partial charge is 0.379 e. The van der Waals surface area contributed by atoms with Crippen molar-refractivity contribution in [2.45, 2.75) is 31.5 Å². The predicted molar refractivity (Wildman–Crippen MR) is 128 cm³/mol. The average molecular weight is 469 g/mol. The summed E-state index contributed by atoms with van der Waals surface area (Å²) in [4.78, 5) is 15.1. The number of nitrogens with zero attached hydrogens (tertiary/aromatic N) is 4. The lowest BCUT2D eigenvalue weighted by Crippen LogP contribution is -2.38. The number of benzene rings is 2. The molecule has 1 aromatic heterocycles. The lowest BCUT2D eigenvalue weighted by Gasteiger charge is -2.27. The molecule has 6 nitrogen and oxygen atoms in total. The van der Waals surface area contributed by atoms with E-state index in [1.54, 1.807) is 12.1 Å². The summed E-state index contributed by atoms with van der Waals surface area (Å²) in [5.41, 5.74) is 2.75. The van der Waals surface area contributed by atoms with E-state index in [2.05, 4.69) is 22.0 Å². The number of hydrogen-bond donors (Lipinski definition) is 0. The van der Waals surface area contributed by atoms with E-state index in [0.29, 0.717) is 23.1 Å². The van der Waals surface area contributed by atoms with Crippen LogP contribution in [0.5, 0.6) is 0 Å². The number of morpholine rings is 1. The Bertz CT molecular complexity index is 1050. The van der Waals surface area contributed by atoms with Gasteiger partial charge in [0.2, 0.25) is 0 Å². The first kappa shape index (κ1) is 23.6. The zero-order valence-corrected chi connectivity index (χ0v) is 19.7. The van der Waals surface area contributed by atoms with Crippen molar-refractivity contribution in [1.29, 1.82) is 0 Å². The molecule has 4 rings (SSSR count). The van der Waals surface area contributed by atoms with Crippen molar-refractivity contribution in [2.75, 3.05) is 38.6 Å². The number of Topliss-reactive ketones (excluding diaryl/α,β-unsaturated/α-hetero) is 1. The topological polar surface area (TPSA) is 60.2 Å². The van der Waals surface area contributed by atoms with E-state index >= 15 is 0 Å². The van der Waals surface area contributed by atoms with Crippen molar-refractivity contribution < 1.29 is 13.9 Å². The number of halogens is 1. The molecule has 0 atom stereocenters. The number of carbonyl (C=O) groups is 1. The summed E-state index contributed by atoms with van der Waals surface area (Å²) in [6.45, 7) is 6.91. The van der Waals surface area contributed by atoms with Gasteiger partial charge in [0, 0.05) is 37.3 Å². The summed E-state index contributed by atoms with van der Waals surface area (Å²) < 4.78 is 20.9. The van der Waals surface area contributed by atoms with E-state index in [1.807, 2.05) is 28.8 Å². The van der Waals surface area contributed by atoms with Crippen molar-refractivity contribution in [3.63, 3.8) is 0 Å². The maximum absolute atomic E-state index is 13.4. The quantitative estimate of drug-likeness (QED) is 0.326. The second kappa shape index (κ2) is 11.5. The number of hydrogen-bond acceptors (Lipinski definition) is 6. The van der Waals surface area contributed by atoms with Crippen LogP contribution >= 0.6 is 11.8 Å². The van der Waals surface area contributed by atoms with Gasteiger partial charge in [0.15, 0.2) is 16.8 Å². The standard InChI is InChI=1S/C25H29FN4O2S/c1-2-3-19-4-6-20(7-5-19)23(31)18-33-25-28-27-24(21-8-10-22(26)11-9-21)30(25)13-12-29-14-16-32-17-15-29/h4-11H,2-3,12-18H2,1H3. The van der Waals surface area contributed by atoms with Gasteiger partial charge in [-0.05, 0) is 36.2 Å². The summed E-state index contributed by atoms with van der Waals surface area (Å²) in [6, 6.07) is 14.1. The van der Waals surface area contributed by atoms with Crippen LogP contribution < -0.4 is 0 Å². The molecule has 1 saturated heterocycles. The SMILES string of the molecule is CCCc1ccc(C(=O)CSc2nnc(-c3ccc(F)cc3)n2CCN2CCOCC2)cc1. The molecular formula is C25H29FN4O2S. The third-order valence-electron chi connectivity index (χ3n) is 5.71. The normalized spacial score (nSPS) is 14.5. The zero-order chi connectivity index (χ0) is 23.0. The van der Waals surface area contributed by atoms with E-state index in [-0.39, 0.29) is 17.4 Å². The van der Waals surface area contributed by atoms with Gasteiger partial charge in [-0.2, -0.15) is 0 Å². The maximum atomic E-state index is 13.4. The average Bonchev–Trinajstić information content (AvgIpc) is 3.25. The molecule has 1 aliphatic heterocycles. The molecule has 0 aliphatic carbocycles. The Kier molecular flexibility index (Phi) is 8.25. The van der Waals surface area contributed by atoms with E-state index in [1.165, 1.54) is 29.5 Å². The van der Waals surface area contributed by atoms with Gasteiger partial charge in [-0.15, -0.1) is 10.2 Å². The van der Waals surface area contributed by atoms with Crippen LogP contribution in [0.4, 0.5) is 4.39 Å². The molecule has 0 saturated carbocycles. The fraction of sp³-hybridized carbons (Fsp3) is 0.400. The van der Waals surface area contributed by atoms with E-state index in [9.17, 15) is 9.18 Å². The Morgan fingerprint density at radius 2 is 1.76 bits per heavy atom. The molecule has 33 heavy (non-hydrogen) atoms. The molecule has 8 heteroatoms. The van der Waals surface area contributed by atoms with Crippen LogP contribution in [0.25, 0.3) is 11.4 Å². The van der Waals surface area contributed by atoms with Crippen molar-refractivity contribution in [2.24, 2.45) is 0 Å². The maximum Gasteiger partial charge on any atom is 0.191 e. The highest BCUT2D eigenvalue weighted by atomic mass is 32.2. The van der Waals surface area contributed by atoms with Gasteiger partial charge in [0.25, 0.3) is 0 Å². The van der Waals surface area contributed by atoms with Gasteiger partial charge >= 0.3 is 0 Å². The Hall–Kier alpha value is -2.55. The number of aromatic nitrogens is 3. The lowest BCUT2D eigenvalue weighted by molar-refractivity contribution is 0.0361. The molecule has 3 aromatic rings. The third-order valence-corrected chi connectivity index (χ3v) is 6.68. The molecule has 2 heterocycles. The second-order valence-corrected chi connectivity index (χ2v) is 9.02. The third kappa shape index (κ3) is 6.28. The van der Waals surface area contributed by atoms with Gasteiger partial charge in [-0.3, -0.25) is 9.69 Å². The molecular weight excluding hydrogens is 439 g/mol. The second-order valence-electron chi connectivity index (χ2n) is 8.08. The number of ether oxygens (including phenoxy) is 1. The van der Waals surface area contributed by atoms with Crippen molar-refractivity contribution >= 4 is 17.5 Å². The van der Waals surface area contributed by atoms with Crippen LogP contribution in [0, 0.1) is 5.82 Å². The monoisotopic (exact) mass is 468 g/mol. The van der Waals surface area contributed by atoms with Crippen molar-refractivity contribution in [1.82, 2.24) is 19.7 Å². The number of rotatable bonds is 10. The first-order valence-electron chi connectivity index (χ1n) is 11.4. The molecule has 0 radical (unpaired) electrons. The first-order valence-corrected chi connectivity index (χ1v) is 12.4. The molecule has 2 aromatic carbocycles. The molecule has 0 unspecified atom stereocenters. The summed E-state index contributed by atoms with van der Waals surface area (Å²) >= 11 is 1.39. The van der Waals surface area contributed by atoms with Gasteiger partial charge in [0.05, 0.1) is 19.0 Å². The summed E-state index contributed by atoms with van der Waals surface area (Å²) in [6.07, 6.45) is 2.10. The van der Waals surface area contributed by atoms with Crippen LogP contribution in [-0.2, 0) is 17.7 Å². The van der Waals surface area contributed by atoms with Crippen LogP contribution in [0.1, 0.15) is 29.3 Å². The highest BCUT2D eigenvalue weighted by Gasteiger charge is 2.18. The highest BCUT2D eigenvalue weighted by molar-refractivity contribution is 7.99. The molecule has 1 fully saturated rings. The number of carbonyl (C=O) groups excluding carboxylic acids is 1. The van der Waals surface area contributed by atoms with Gasteiger partial charge in [-0.25, -0.2) is 4.39 Å². The molecule has 0 amide bonds. The molecule has 174 valence electrons. The fourth-order valence-corrected chi connectivity index (χ4v) is 4.69. The Balaban J connectivity index is 1.48. The zero-order valence-electron chi connectivity index (χ0n) is 18.9. The van der Waals surface area contributed by atoms with Gasteiger partial charge < -0.3 is 9.30 Å². The molecule has 0 N–H and O–H groups in total. The van der Waals surface area contributed by atoms with E-state index in [4.69, 9.17) is 4.74 Å². The summed E-state index contributed by atoms with van der Waals surface area (Å²) in [5, 5.41) is 9.44. The summed E-state index contributed by atoms with van der Waals surface area (Å²) in [7, 11) is 0. The van der Waals surface area contributed by atoms with E-state index in [0.717, 1.165) is 51.3 Å². The molecule has 0 spiro atoms. The number of thioether (sulfide) groups is 1. The minimum atomic E-state index is -0.289. The van der Waals surface area contributed by atoms with E-state index < -0.39 is 0 Å². The highest BCUT2D eigenvalue weighted by Crippen LogP contribution is 2.25. The minimum absolute atomic E-state index is 0.0640. The number of aryl methyl sites for hydroxylation is 1. The Morgan fingerprint density at radius 3 is 2.45 bits per heavy atom. The Labute approximate surface area is 198 Å².